The number of carbonyl (C=O) groups is 2. The van der Waals surface area contributed by atoms with Gasteiger partial charge in [0.05, 0.1) is 29.1 Å². The van der Waals surface area contributed by atoms with E-state index >= 15 is 0 Å². The van der Waals surface area contributed by atoms with Crippen LogP contribution in [-0.4, -0.2) is 46.5 Å². The lowest BCUT2D eigenvalue weighted by molar-refractivity contribution is -0.133. The summed E-state index contributed by atoms with van der Waals surface area (Å²) in [6.45, 7) is 3.15. The number of aromatic nitrogens is 2. The largest absolute Gasteiger partial charge is 0.465 e. The molecule has 0 atom stereocenters. The molecular formula is C27H26N4O4S. The molecule has 9 heteroatoms. The topological polar surface area (TPSA) is 101 Å². The summed E-state index contributed by atoms with van der Waals surface area (Å²) in [5.41, 5.74) is 3.59. The molecule has 0 saturated carbocycles. The first-order chi connectivity index (χ1) is 17.6. The highest BCUT2D eigenvalue weighted by molar-refractivity contribution is 7.10. The first kappa shape index (κ1) is 23.7. The van der Waals surface area contributed by atoms with E-state index in [4.69, 9.17) is 13.9 Å². The minimum Gasteiger partial charge on any atom is -0.465 e. The molecule has 0 bridgehead atoms. The average molecular weight is 503 g/mol. The fourth-order valence-electron chi connectivity index (χ4n) is 4.31. The van der Waals surface area contributed by atoms with E-state index in [0.29, 0.717) is 24.8 Å². The second-order valence-electron chi connectivity index (χ2n) is 8.62. The number of furan rings is 1. The van der Waals surface area contributed by atoms with Crippen LogP contribution in [0.2, 0.25) is 0 Å². The van der Waals surface area contributed by atoms with Crippen LogP contribution < -0.4 is 5.32 Å². The van der Waals surface area contributed by atoms with Crippen LogP contribution in [0.1, 0.15) is 35.3 Å². The number of nitrogens with zero attached hydrogens (tertiary/aromatic N) is 3. The molecule has 0 radical (unpaired) electrons. The predicted octanol–water partition coefficient (Wildman–Crippen LogP) is 4.90. The highest BCUT2D eigenvalue weighted by Gasteiger charge is 2.27. The van der Waals surface area contributed by atoms with Crippen LogP contribution in [0.15, 0.2) is 69.1 Å². The summed E-state index contributed by atoms with van der Waals surface area (Å²) in [4.78, 5) is 31.3. The Kier molecular flexibility index (Phi) is 7.08. The van der Waals surface area contributed by atoms with Crippen molar-refractivity contribution in [2.45, 2.75) is 25.7 Å². The SMILES string of the molecule is Cc1onc(-c2ccccc2)c1-c1csc(C2CCN(C(=O)CNC(=O)/C=C\c3ccco3)CC2)n1. The Labute approximate surface area is 212 Å². The van der Waals surface area contributed by atoms with Gasteiger partial charge in [-0.2, -0.15) is 0 Å². The van der Waals surface area contributed by atoms with Crippen molar-refractivity contribution >= 4 is 29.2 Å². The van der Waals surface area contributed by atoms with Crippen molar-refractivity contribution in [2.75, 3.05) is 19.6 Å². The van der Waals surface area contributed by atoms with Crippen LogP contribution in [0.3, 0.4) is 0 Å². The molecule has 1 aliphatic heterocycles. The number of aryl methyl sites for hydroxylation is 1. The maximum absolute atomic E-state index is 12.6. The average Bonchev–Trinajstić information content (AvgIpc) is 3.68. The molecule has 1 aliphatic rings. The molecule has 3 aromatic heterocycles. The van der Waals surface area contributed by atoms with E-state index in [0.717, 1.165) is 46.1 Å². The molecule has 0 aliphatic carbocycles. The summed E-state index contributed by atoms with van der Waals surface area (Å²) in [5, 5.41) is 10.0. The van der Waals surface area contributed by atoms with Gasteiger partial charge in [-0.1, -0.05) is 35.5 Å². The van der Waals surface area contributed by atoms with Crippen molar-refractivity contribution in [2.24, 2.45) is 0 Å². The fraction of sp³-hybridized carbons (Fsp3) is 0.259. The van der Waals surface area contributed by atoms with Crippen molar-refractivity contribution in [3.05, 3.63) is 76.7 Å². The van der Waals surface area contributed by atoms with Crippen molar-refractivity contribution < 1.29 is 18.5 Å². The molecule has 1 saturated heterocycles. The number of rotatable bonds is 7. The van der Waals surface area contributed by atoms with Gasteiger partial charge in [-0.15, -0.1) is 11.3 Å². The van der Waals surface area contributed by atoms with Gasteiger partial charge in [0.25, 0.3) is 0 Å². The number of hydrogen-bond acceptors (Lipinski definition) is 7. The van der Waals surface area contributed by atoms with Gasteiger partial charge in [-0.3, -0.25) is 9.59 Å². The third-order valence-electron chi connectivity index (χ3n) is 6.24. The fourth-order valence-corrected chi connectivity index (χ4v) is 5.29. The van der Waals surface area contributed by atoms with Crippen LogP contribution in [0.4, 0.5) is 0 Å². The van der Waals surface area contributed by atoms with E-state index in [2.05, 4.69) is 15.9 Å². The number of amides is 2. The van der Waals surface area contributed by atoms with Gasteiger partial charge >= 0.3 is 0 Å². The second-order valence-corrected chi connectivity index (χ2v) is 9.51. The lowest BCUT2D eigenvalue weighted by Gasteiger charge is -2.31. The normalized spacial score (nSPS) is 14.4. The minimum absolute atomic E-state index is 0.0254. The molecule has 36 heavy (non-hydrogen) atoms. The summed E-state index contributed by atoms with van der Waals surface area (Å²) in [6.07, 6.45) is 6.13. The monoisotopic (exact) mass is 502 g/mol. The molecule has 0 unspecified atom stereocenters. The zero-order chi connectivity index (χ0) is 24.9. The van der Waals surface area contributed by atoms with Gasteiger partial charge in [-0.25, -0.2) is 4.98 Å². The molecular weight excluding hydrogens is 476 g/mol. The summed E-state index contributed by atoms with van der Waals surface area (Å²) >= 11 is 1.64. The van der Waals surface area contributed by atoms with Gasteiger partial charge in [0.1, 0.15) is 17.2 Å². The Morgan fingerprint density at radius 3 is 2.72 bits per heavy atom. The van der Waals surface area contributed by atoms with Crippen molar-refractivity contribution in [3.63, 3.8) is 0 Å². The summed E-state index contributed by atoms with van der Waals surface area (Å²) in [6, 6.07) is 13.5. The van der Waals surface area contributed by atoms with Crippen LogP contribution in [0.5, 0.6) is 0 Å². The minimum atomic E-state index is -0.330. The number of hydrogen-bond donors (Lipinski definition) is 1. The molecule has 8 nitrogen and oxygen atoms in total. The summed E-state index contributed by atoms with van der Waals surface area (Å²) < 4.78 is 10.7. The Hall–Kier alpha value is -3.98. The van der Waals surface area contributed by atoms with E-state index in [1.165, 1.54) is 12.3 Å². The molecule has 1 fully saturated rings. The van der Waals surface area contributed by atoms with E-state index in [9.17, 15) is 9.59 Å². The predicted molar refractivity (Wildman–Crippen MR) is 137 cm³/mol. The second kappa shape index (κ2) is 10.7. The number of carbonyl (C=O) groups excluding carboxylic acids is 2. The zero-order valence-electron chi connectivity index (χ0n) is 19.8. The number of likely N-dealkylation sites (tertiary alicyclic amines) is 1. The van der Waals surface area contributed by atoms with Crippen LogP contribution >= 0.6 is 11.3 Å². The lowest BCUT2D eigenvalue weighted by Crippen LogP contribution is -2.43. The summed E-state index contributed by atoms with van der Waals surface area (Å²) in [5.74, 6) is 1.20. The van der Waals surface area contributed by atoms with Crippen LogP contribution in [0, 0.1) is 6.92 Å². The molecule has 184 valence electrons. The molecule has 2 amide bonds. The van der Waals surface area contributed by atoms with Gasteiger partial charge < -0.3 is 19.2 Å². The maximum Gasteiger partial charge on any atom is 0.244 e. The van der Waals surface area contributed by atoms with Gasteiger partial charge in [0.2, 0.25) is 11.8 Å². The van der Waals surface area contributed by atoms with Crippen LogP contribution in [-0.2, 0) is 9.59 Å². The van der Waals surface area contributed by atoms with Crippen LogP contribution in [0.25, 0.3) is 28.6 Å². The zero-order valence-corrected chi connectivity index (χ0v) is 20.7. The van der Waals surface area contributed by atoms with E-state index in [1.54, 1.807) is 34.4 Å². The quantitative estimate of drug-likeness (QED) is 0.361. The van der Waals surface area contributed by atoms with Crippen molar-refractivity contribution in [1.29, 1.82) is 0 Å². The van der Waals surface area contributed by atoms with Gasteiger partial charge in [0, 0.05) is 36.0 Å². The third kappa shape index (κ3) is 5.31. The number of nitrogens with one attached hydrogen (secondary N) is 1. The number of benzene rings is 1. The standard InChI is InChI=1S/C27H26N4O4S/c1-18-25(26(30-35-18)19-6-3-2-4-7-19)22-17-36-27(29-22)20-11-13-31(14-12-20)24(33)16-28-23(32)10-9-21-8-5-15-34-21/h2-10,15,17,20H,11-14,16H2,1H3,(H,28,32)/b10-9-. The molecule has 4 heterocycles. The molecule has 0 spiro atoms. The van der Waals surface area contributed by atoms with Gasteiger partial charge in [0.15, 0.2) is 0 Å². The van der Waals surface area contributed by atoms with Gasteiger partial charge in [-0.05, 0) is 38.0 Å². The summed E-state index contributed by atoms with van der Waals surface area (Å²) in [7, 11) is 0. The highest BCUT2D eigenvalue weighted by atomic mass is 32.1. The Balaban J connectivity index is 1.16. The first-order valence-corrected chi connectivity index (χ1v) is 12.7. The molecule has 1 N–H and O–H groups in total. The lowest BCUT2D eigenvalue weighted by atomic mass is 9.97. The third-order valence-corrected chi connectivity index (χ3v) is 7.25. The Morgan fingerprint density at radius 2 is 1.97 bits per heavy atom. The molecule has 4 aromatic rings. The van der Waals surface area contributed by atoms with Crippen molar-refractivity contribution in [1.82, 2.24) is 20.4 Å². The van der Waals surface area contributed by atoms with E-state index < -0.39 is 0 Å². The number of piperidine rings is 1. The Bertz CT molecular complexity index is 1350. The van der Waals surface area contributed by atoms with E-state index in [1.807, 2.05) is 37.3 Å². The van der Waals surface area contributed by atoms with Crippen molar-refractivity contribution in [3.8, 4) is 22.5 Å². The number of thiazole rings is 1. The maximum atomic E-state index is 12.6. The van der Waals surface area contributed by atoms with E-state index in [-0.39, 0.29) is 18.4 Å². The molecule has 5 rings (SSSR count). The first-order valence-electron chi connectivity index (χ1n) is 11.8. The molecule has 1 aromatic carbocycles. The Morgan fingerprint density at radius 1 is 1.17 bits per heavy atom. The smallest absolute Gasteiger partial charge is 0.244 e. The highest BCUT2D eigenvalue weighted by Crippen LogP contribution is 2.37.